The molecule has 25 heavy (non-hydrogen) atoms. The number of amides is 2. The first-order valence-corrected chi connectivity index (χ1v) is 9.44. The number of carbonyl (C=O) groups excluding carboxylic acids is 1. The van der Waals surface area contributed by atoms with Crippen LogP contribution in [0.2, 0.25) is 0 Å². The number of aliphatic hydroxyl groups is 1. The van der Waals surface area contributed by atoms with Gasteiger partial charge in [-0.3, -0.25) is 0 Å². The fraction of sp³-hybridized carbons (Fsp3) is 0.167. The Morgan fingerprint density at radius 2 is 1.92 bits per heavy atom. The standard InChI is InChI=1S/C18H17FN2O2S2/c19-14-3-1-12(2-4-14)9-20-18(23)21-10-15(22)17-6-5-16(25-17)13-7-8-24-11-13/h1-8,11,15,22H,9-10H2,(H2,20,21,23). The van der Waals surface area contributed by atoms with Crippen LogP contribution in [0.15, 0.2) is 53.2 Å². The topological polar surface area (TPSA) is 61.4 Å². The van der Waals surface area contributed by atoms with Crippen LogP contribution in [-0.2, 0) is 6.54 Å². The van der Waals surface area contributed by atoms with Gasteiger partial charge < -0.3 is 15.7 Å². The molecule has 2 amide bonds. The van der Waals surface area contributed by atoms with E-state index in [-0.39, 0.29) is 18.4 Å². The zero-order valence-corrected chi connectivity index (χ0v) is 14.9. The van der Waals surface area contributed by atoms with E-state index in [0.717, 1.165) is 20.9 Å². The highest BCUT2D eigenvalue weighted by Crippen LogP contribution is 2.32. The van der Waals surface area contributed by atoms with Crippen molar-refractivity contribution in [3.05, 3.63) is 69.5 Å². The van der Waals surface area contributed by atoms with E-state index in [1.54, 1.807) is 23.5 Å². The molecular formula is C18H17FN2O2S2. The van der Waals surface area contributed by atoms with Gasteiger partial charge in [0.25, 0.3) is 0 Å². The van der Waals surface area contributed by atoms with Crippen LogP contribution < -0.4 is 10.6 Å². The van der Waals surface area contributed by atoms with Crippen molar-refractivity contribution in [3.8, 4) is 10.4 Å². The molecule has 2 heterocycles. The number of hydrogen-bond acceptors (Lipinski definition) is 4. The Morgan fingerprint density at radius 3 is 2.64 bits per heavy atom. The van der Waals surface area contributed by atoms with Gasteiger partial charge in [-0.2, -0.15) is 11.3 Å². The maximum Gasteiger partial charge on any atom is 0.315 e. The first kappa shape index (κ1) is 17.6. The van der Waals surface area contributed by atoms with Crippen molar-refractivity contribution < 1.29 is 14.3 Å². The first-order chi connectivity index (χ1) is 12.1. The van der Waals surface area contributed by atoms with Crippen molar-refractivity contribution in [3.63, 3.8) is 0 Å². The van der Waals surface area contributed by atoms with Gasteiger partial charge in [-0.25, -0.2) is 9.18 Å². The Labute approximate surface area is 153 Å². The number of urea groups is 1. The van der Waals surface area contributed by atoms with Crippen LogP contribution in [-0.4, -0.2) is 17.7 Å². The number of aliphatic hydroxyl groups excluding tert-OH is 1. The number of benzene rings is 1. The molecule has 1 aromatic carbocycles. The largest absolute Gasteiger partial charge is 0.386 e. The number of nitrogens with one attached hydrogen (secondary N) is 2. The second-order valence-electron chi connectivity index (χ2n) is 5.42. The summed E-state index contributed by atoms with van der Waals surface area (Å²) in [5.41, 5.74) is 1.94. The first-order valence-electron chi connectivity index (χ1n) is 7.68. The van der Waals surface area contributed by atoms with Gasteiger partial charge in [-0.1, -0.05) is 12.1 Å². The second-order valence-corrected chi connectivity index (χ2v) is 7.32. The summed E-state index contributed by atoms with van der Waals surface area (Å²) in [7, 11) is 0. The molecule has 0 saturated heterocycles. The van der Waals surface area contributed by atoms with E-state index in [2.05, 4.69) is 16.0 Å². The van der Waals surface area contributed by atoms with Gasteiger partial charge in [0.15, 0.2) is 0 Å². The molecule has 0 aliphatic carbocycles. The SMILES string of the molecule is O=C(NCc1ccc(F)cc1)NCC(O)c1ccc(-c2ccsc2)s1. The molecule has 0 aliphatic rings. The number of carbonyl (C=O) groups is 1. The molecule has 0 radical (unpaired) electrons. The fourth-order valence-electron chi connectivity index (χ4n) is 2.23. The lowest BCUT2D eigenvalue weighted by atomic mass is 10.2. The predicted molar refractivity (Wildman–Crippen MR) is 99.2 cm³/mol. The number of rotatable bonds is 6. The summed E-state index contributed by atoms with van der Waals surface area (Å²) in [6.07, 6.45) is -0.756. The third-order valence-electron chi connectivity index (χ3n) is 3.58. The molecule has 4 nitrogen and oxygen atoms in total. The third-order valence-corrected chi connectivity index (χ3v) is 5.50. The highest BCUT2D eigenvalue weighted by atomic mass is 32.1. The normalized spacial score (nSPS) is 11.9. The molecule has 0 saturated carbocycles. The number of hydrogen-bond donors (Lipinski definition) is 3. The summed E-state index contributed by atoms with van der Waals surface area (Å²) in [5.74, 6) is -0.311. The van der Waals surface area contributed by atoms with E-state index in [9.17, 15) is 14.3 Å². The third kappa shape index (κ3) is 4.88. The number of halogens is 1. The lowest BCUT2D eigenvalue weighted by molar-refractivity contribution is 0.176. The smallest absolute Gasteiger partial charge is 0.315 e. The molecule has 1 atom stereocenters. The van der Waals surface area contributed by atoms with Gasteiger partial charge in [-0.05, 0) is 46.7 Å². The minimum absolute atomic E-state index is 0.124. The zero-order chi connectivity index (χ0) is 17.6. The van der Waals surface area contributed by atoms with Gasteiger partial charge in [0.1, 0.15) is 11.9 Å². The molecule has 2 aromatic heterocycles. The second kappa shape index (κ2) is 8.24. The number of thiophene rings is 2. The van der Waals surface area contributed by atoms with Crippen molar-refractivity contribution in [1.29, 1.82) is 0 Å². The summed E-state index contributed by atoms with van der Waals surface area (Å²) in [5, 5.41) is 19.6. The van der Waals surface area contributed by atoms with E-state index in [1.165, 1.54) is 23.5 Å². The van der Waals surface area contributed by atoms with Crippen molar-refractivity contribution >= 4 is 28.7 Å². The Hall–Kier alpha value is -2.22. The average molecular weight is 376 g/mol. The molecule has 7 heteroatoms. The summed E-state index contributed by atoms with van der Waals surface area (Å²) < 4.78 is 12.8. The van der Waals surface area contributed by atoms with E-state index < -0.39 is 6.10 Å². The quantitative estimate of drug-likeness (QED) is 0.605. The van der Waals surface area contributed by atoms with Crippen LogP contribution >= 0.6 is 22.7 Å². The Kier molecular flexibility index (Phi) is 5.80. The van der Waals surface area contributed by atoms with Crippen LogP contribution in [0.25, 0.3) is 10.4 Å². The van der Waals surface area contributed by atoms with E-state index in [1.807, 2.05) is 23.6 Å². The van der Waals surface area contributed by atoms with Crippen molar-refractivity contribution in [2.75, 3.05) is 6.54 Å². The lowest BCUT2D eigenvalue weighted by Crippen LogP contribution is -2.37. The molecule has 130 valence electrons. The average Bonchev–Trinajstić information content (AvgIpc) is 3.30. The van der Waals surface area contributed by atoms with Gasteiger partial charge in [0.05, 0.1) is 6.54 Å². The van der Waals surface area contributed by atoms with Gasteiger partial charge >= 0.3 is 6.03 Å². The van der Waals surface area contributed by atoms with Crippen LogP contribution in [0.5, 0.6) is 0 Å². The minimum atomic E-state index is -0.756. The Morgan fingerprint density at radius 1 is 1.12 bits per heavy atom. The van der Waals surface area contributed by atoms with Crippen LogP contribution in [0, 0.1) is 5.82 Å². The highest BCUT2D eigenvalue weighted by molar-refractivity contribution is 7.16. The van der Waals surface area contributed by atoms with Gasteiger partial charge in [0, 0.05) is 21.9 Å². The fourth-order valence-corrected chi connectivity index (χ4v) is 3.95. The lowest BCUT2D eigenvalue weighted by Gasteiger charge is -2.11. The Bertz CT molecular complexity index is 816. The van der Waals surface area contributed by atoms with Gasteiger partial charge in [-0.15, -0.1) is 11.3 Å². The summed E-state index contributed by atoms with van der Waals surface area (Å²) in [4.78, 5) is 13.7. The molecular weight excluding hydrogens is 359 g/mol. The van der Waals surface area contributed by atoms with E-state index in [4.69, 9.17) is 0 Å². The summed E-state index contributed by atoms with van der Waals surface area (Å²) in [6, 6.07) is 11.4. The molecule has 0 fully saturated rings. The van der Waals surface area contributed by atoms with E-state index in [0.29, 0.717) is 6.54 Å². The van der Waals surface area contributed by atoms with Crippen molar-refractivity contribution in [2.24, 2.45) is 0 Å². The molecule has 0 aliphatic heterocycles. The molecule has 3 rings (SSSR count). The molecule has 3 aromatic rings. The Balaban J connectivity index is 1.46. The van der Waals surface area contributed by atoms with Gasteiger partial charge in [0.2, 0.25) is 0 Å². The van der Waals surface area contributed by atoms with E-state index >= 15 is 0 Å². The summed E-state index contributed by atoms with van der Waals surface area (Å²) >= 11 is 3.14. The minimum Gasteiger partial charge on any atom is -0.386 e. The zero-order valence-electron chi connectivity index (χ0n) is 13.2. The molecule has 3 N–H and O–H groups in total. The van der Waals surface area contributed by atoms with Crippen molar-refractivity contribution in [2.45, 2.75) is 12.6 Å². The van der Waals surface area contributed by atoms with Crippen LogP contribution in [0.1, 0.15) is 16.5 Å². The predicted octanol–water partition coefficient (Wildman–Crippen LogP) is 4.15. The van der Waals surface area contributed by atoms with Crippen LogP contribution in [0.4, 0.5) is 9.18 Å². The van der Waals surface area contributed by atoms with Crippen molar-refractivity contribution in [1.82, 2.24) is 10.6 Å². The monoisotopic (exact) mass is 376 g/mol. The maximum atomic E-state index is 12.8. The summed E-state index contributed by atoms with van der Waals surface area (Å²) in [6.45, 7) is 0.419. The molecule has 1 unspecified atom stereocenters. The highest BCUT2D eigenvalue weighted by Gasteiger charge is 2.13. The molecule has 0 spiro atoms. The maximum absolute atomic E-state index is 12.8. The molecule has 0 bridgehead atoms. The van der Waals surface area contributed by atoms with Crippen LogP contribution in [0.3, 0.4) is 0 Å².